The third-order valence-electron chi connectivity index (χ3n) is 3.96. The maximum atomic E-state index is 12.5. The average molecular weight is 349 g/mol. The van der Waals surface area contributed by atoms with Crippen molar-refractivity contribution >= 4 is 33.3 Å². The minimum Gasteiger partial charge on any atom is -0.422 e. The summed E-state index contributed by atoms with van der Waals surface area (Å²) < 4.78 is 5.14. The van der Waals surface area contributed by atoms with Crippen molar-refractivity contribution in [2.45, 2.75) is 0 Å². The molecule has 128 valence electrons. The molecule has 8 heteroatoms. The van der Waals surface area contributed by atoms with E-state index in [0.29, 0.717) is 11.0 Å². The summed E-state index contributed by atoms with van der Waals surface area (Å²) in [5.41, 5.74) is -1.59. The van der Waals surface area contributed by atoms with Crippen molar-refractivity contribution in [1.29, 1.82) is 0 Å². The van der Waals surface area contributed by atoms with E-state index in [0.717, 1.165) is 0 Å². The Morgan fingerprint density at radius 3 is 2.54 bits per heavy atom. The van der Waals surface area contributed by atoms with E-state index in [1.54, 1.807) is 24.3 Å². The summed E-state index contributed by atoms with van der Waals surface area (Å²) in [6, 6.07) is 12.7. The van der Waals surface area contributed by atoms with Gasteiger partial charge in [0.1, 0.15) is 11.1 Å². The van der Waals surface area contributed by atoms with Gasteiger partial charge in [-0.3, -0.25) is 24.6 Å². The fourth-order valence-corrected chi connectivity index (χ4v) is 2.74. The van der Waals surface area contributed by atoms with E-state index in [-0.39, 0.29) is 22.0 Å². The number of H-pyrrole nitrogens is 2. The Morgan fingerprint density at radius 1 is 0.923 bits per heavy atom. The summed E-state index contributed by atoms with van der Waals surface area (Å²) in [5.74, 6) is -0.739. The monoisotopic (exact) mass is 349 g/mol. The Bertz CT molecular complexity index is 1350. The molecule has 0 spiro atoms. The van der Waals surface area contributed by atoms with E-state index < -0.39 is 22.7 Å². The van der Waals surface area contributed by atoms with Crippen LogP contribution >= 0.6 is 0 Å². The maximum Gasteiger partial charge on any atom is 0.349 e. The summed E-state index contributed by atoms with van der Waals surface area (Å²) in [6.45, 7) is 0. The second-order valence-electron chi connectivity index (χ2n) is 5.58. The van der Waals surface area contributed by atoms with Gasteiger partial charge in [0, 0.05) is 5.39 Å². The number of nitrogens with one attached hydrogen (secondary N) is 3. The maximum absolute atomic E-state index is 12.5. The van der Waals surface area contributed by atoms with Crippen molar-refractivity contribution in [2.24, 2.45) is 0 Å². The molecule has 2 heterocycles. The number of aromatic amines is 2. The van der Waals surface area contributed by atoms with Gasteiger partial charge in [0.05, 0.1) is 16.5 Å². The SMILES string of the molecule is O=C(Nc1cccc2c(=O)[nH][nH]c(=O)c12)c1cc2ccccc2oc1=O. The van der Waals surface area contributed by atoms with Crippen molar-refractivity contribution < 1.29 is 9.21 Å². The van der Waals surface area contributed by atoms with Gasteiger partial charge in [0.15, 0.2) is 0 Å². The molecule has 2 aromatic carbocycles. The van der Waals surface area contributed by atoms with Gasteiger partial charge in [-0.25, -0.2) is 4.79 Å². The number of carbonyl (C=O) groups is 1. The van der Waals surface area contributed by atoms with E-state index in [4.69, 9.17) is 4.42 Å². The molecule has 26 heavy (non-hydrogen) atoms. The van der Waals surface area contributed by atoms with Crippen LogP contribution in [0.5, 0.6) is 0 Å². The van der Waals surface area contributed by atoms with Crippen LogP contribution in [0.2, 0.25) is 0 Å². The van der Waals surface area contributed by atoms with Crippen LogP contribution in [0.25, 0.3) is 21.7 Å². The number of benzene rings is 2. The third-order valence-corrected chi connectivity index (χ3v) is 3.96. The number of hydrogen-bond donors (Lipinski definition) is 3. The Morgan fingerprint density at radius 2 is 1.69 bits per heavy atom. The summed E-state index contributed by atoms with van der Waals surface area (Å²) in [6.07, 6.45) is 0. The van der Waals surface area contributed by atoms with Crippen LogP contribution in [-0.2, 0) is 0 Å². The van der Waals surface area contributed by atoms with Crippen LogP contribution in [0.15, 0.2) is 67.3 Å². The number of carbonyl (C=O) groups excluding carboxylic acids is 1. The highest BCUT2D eigenvalue weighted by atomic mass is 16.4. The molecule has 0 atom stereocenters. The highest BCUT2D eigenvalue weighted by Crippen LogP contribution is 2.18. The lowest BCUT2D eigenvalue weighted by molar-refractivity contribution is 0.102. The number of fused-ring (bicyclic) bond motifs is 2. The molecule has 0 aliphatic carbocycles. The number of hydrogen-bond acceptors (Lipinski definition) is 5. The molecular weight excluding hydrogens is 338 g/mol. The van der Waals surface area contributed by atoms with Crippen molar-refractivity contribution in [3.63, 3.8) is 0 Å². The minimum absolute atomic E-state index is 0.0229. The summed E-state index contributed by atoms with van der Waals surface area (Å²) in [7, 11) is 0. The first-order valence-corrected chi connectivity index (χ1v) is 7.62. The molecule has 0 aliphatic heterocycles. The lowest BCUT2D eigenvalue weighted by atomic mass is 10.1. The zero-order valence-electron chi connectivity index (χ0n) is 13.2. The highest BCUT2D eigenvalue weighted by molar-refractivity contribution is 6.09. The van der Waals surface area contributed by atoms with Crippen LogP contribution in [0.4, 0.5) is 5.69 Å². The molecule has 0 fully saturated rings. The molecule has 8 nitrogen and oxygen atoms in total. The van der Waals surface area contributed by atoms with Crippen molar-refractivity contribution in [1.82, 2.24) is 10.2 Å². The van der Waals surface area contributed by atoms with Gasteiger partial charge in [0.25, 0.3) is 17.0 Å². The predicted octanol–water partition coefficient (Wildman–Crippen LogP) is 1.58. The van der Waals surface area contributed by atoms with E-state index in [2.05, 4.69) is 15.5 Å². The quantitative estimate of drug-likeness (QED) is 0.474. The topological polar surface area (TPSA) is 125 Å². The van der Waals surface area contributed by atoms with E-state index in [1.165, 1.54) is 24.3 Å². The van der Waals surface area contributed by atoms with Crippen LogP contribution < -0.4 is 22.1 Å². The summed E-state index contributed by atoms with van der Waals surface area (Å²) in [4.78, 5) is 48.5. The highest BCUT2D eigenvalue weighted by Gasteiger charge is 2.16. The Labute approximate surface area is 144 Å². The fraction of sp³-hybridized carbons (Fsp3) is 0. The van der Waals surface area contributed by atoms with Crippen LogP contribution in [0.3, 0.4) is 0 Å². The molecule has 1 amide bonds. The van der Waals surface area contributed by atoms with Gasteiger partial charge >= 0.3 is 5.63 Å². The lowest BCUT2D eigenvalue weighted by Crippen LogP contribution is -2.24. The van der Waals surface area contributed by atoms with E-state index in [1.807, 2.05) is 0 Å². The number of anilines is 1. The molecule has 3 N–H and O–H groups in total. The smallest absolute Gasteiger partial charge is 0.349 e. The molecule has 0 aliphatic rings. The zero-order chi connectivity index (χ0) is 18.3. The van der Waals surface area contributed by atoms with Crippen molar-refractivity contribution in [3.8, 4) is 0 Å². The first-order chi connectivity index (χ1) is 12.5. The normalized spacial score (nSPS) is 10.9. The second kappa shape index (κ2) is 5.85. The molecular formula is C18H11N3O5. The lowest BCUT2D eigenvalue weighted by Gasteiger charge is -2.07. The molecule has 0 saturated heterocycles. The van der Waals surface area contributed by atoms with Gasteiger partial charge < -0.3 is 9.73 Å². The van der Waals surface area contributed by atoms with Gasteiger partial charge in [-0.2, -0.15) is 0 Å². The van der Waals surface area contributed by atoms with Gasteiger partial charge in [-0.1, -0.05) is 24.3 Å². The number of para-hydroxylation sites is 1. The summed E-state index contributed by atoms with van der Waals surface area (Å²) >= 11 is 0. The van der Waals surface area contributed by atoms with E-state index >= 15 is 0 Å². The largest absolute Gasteiger partial charge is 0.422 e. The first kappa shape index (κ1) is 15.6. The molecule has 0 saturated carbocycles. The number of amides is 1. The molecule has 0 bridgehead atoms. The van der Waals surface area contributed by atoms with Gasteiger partial charge in [-0.15, -0.1) is 0 Å². The fourth-order valence-electron chi connectivity index (χ4n) is 2.74. The first-order valence-electron chi connectivity index (χ1n) is 7.62. The molecule has 0 unspecified atom stereocenters. The zero-order valence-corrected chi connectivity index (χ0v) is 13.2. The Balaban J connectivity index is 1.83. The Hall–Kier alpha value is -3.94. The van der Waals surface area contributed by atoms with Crippen molar-refractivity contribution in [2.75, 3.05) is 5.32 Å². The van der Waals surface area contributed by atoms with Crippen LogP contribution in [-0.4, -0.2) is 16.1 Å². The van der Waals surface area contributed by atoms with Gasteiger partial charge in [0.2, 0.25) is 0 Å². The van der Waals surface area contributed by atoms with Crippen LogP contribution in [0.1, 0.15) is 10.4 Å². The van der Waals surface area contributed by atoms with Crippen LogP contribution in [0, 0.1) is 0 Å². The third kappa shape index (κ3) is 2.49. The Kier molecular flexibility index (Phi) is 3.51. The summed E-state index contributed by atoms with van der Waals surface area (Å²) in [5, 5.41) is 7.66. The molecule has 2 aromatic heterocycles. The van der Waals surface area contributed by atoms with Crippen molar-refractivity contribution in [3.05, 3.63) is 85.2 Å². The number of rotatable bonds is 2. The van der Waals surface area contributed by atoms with E-state index in [9.17, 15) is 19.2 Å². The minimum atomic E-state index is -0.798. The second-order valence-corrected chi connectivity index (χ2v) is 5.58. The number of aromatic nitrogens is 2. The predicted molar refractivity (Wildman–Crippen MR) is 95.6 cm³/mol. The van der Waals surface area contributed by atoms with Gasteiger partial charge in [-0.05, 0) is 24.3 Å². The molecule has 4 rings (SSSR count). The average Bonchev–Trinajstić information content (AvgIpc) is 2.64. The standard InChI is InChI=1S/C18H11N3O5/c22-15(11-8-9-4-1-2-7-13(9)26-18(11)25)19-12-6-3-5-10-14(12)17(24)21-20-16(10)23/h1-8H,(H,19,22)(H,20,23)(H,21,24). The molecule has 0 radical (unpaired) electrons. The molecule has 4 aromatic rings.